The van der Waals surface area contributed by atoms with Crippen LogP contribution in [0.1, 0.15) is 32.1 Å². The Balaban J connectivity index is 1.84. The molecule has 2 atom stereocenters. The van der Waals surface area contributed by atoms with E-state index in [1.165, 1.54) is 10.9 Å². The second-order valence-electron chi connectivity index (χ2n) is 4.48. The highest BCUT2D eigenvalue weighted by Crippen LogP contribution is 2.17. The Morgan fingerprint density at radius 2 is 2.24 bits per heavy atom. The SMILES string of the molecule is O=C(Cn1ccnn1)NC1CCCCCC1O. The number of carbonyl (C=O) groups is 1. The predicted molar refractivity (Wildman–Crippen MR) is 61.0 cm³/mol. The van der Waals surface area contributed by atoms with Gasteiger partial charge in [0.2, 0.25) is 5.91 Å². The monoisotopic (exact) mass is 238 g/mol. The number of aromatic nitrogens is 3. The third-order valence-corrected chi connectivity index (χ3v) is 3.10. The number of carbonyl (C=O) groups excluding carboxylic acids is 1. The van der Waals surface area contributed by atoms with Crippen LogP contribution in [0, 0.1) is 0 Å². The van der Waals surface area contributed by atoms with Gasteiger partial charge in [0.05, 0.1) is 18.3 Å². The van der Waals surface area contributed by atoms with E-state index >= 15 is 0 Å². The molecule has 0 bridgehead atoms. The maximum atomic E-state index is 11.7. The Bertz CT molecular complexity index is 352. The second-order valence-corrected chi connectivity index (χ2v) is 4.48. The highest BCUT2D eigenvalue weighted by Gasteiger charge is 2.23. The number of rotatable bonds is 3. The van der Waals surface area contributed by atoms with Crippen molar-refractivity contribution < 1.29 is 9.90 Å². The zero-order valence-corrected chi connectivity index (χ0v) is 9.75. The molecule has 0 spiro atoms. The van der Waals surface area contributed by atoms with Crippen LogP contribution in [0.3, 0.4) is 0 Å². The van der Waals surface area contributed by atoms with Gasteiger partial charge in [0.1, 0.15) is 6.54 Å². The van der Waals surface area contributed by atoms with E-state index in [1.807, 2.05) is 0 Å². The largest absolute Gasteiger partial charge is 0.391 e. The van der Waals surface area contributed by atoms with Crippen LogP contribution in [0.5, 0.6) is 0 Å². The molecule has 6 heteroatoms. The maximum absolute atomic E-state index is 11.7. The zero-order chi connectivity index (χ0) is 12.1. The average Bonchev–Trinajstić information content (AvgIpc) is 2.71. The van der Waals surface area contributed by atoms with E-state index in [4.69, 9.17) is 0 Å². The van der Waals surface area contributed by atoms with E-state index < -0.39 is 6.10 Å². The van der Waals surface area contributed by atoms with Gasteiger partial charge in [0, 0.05) is 6.20 Å². The van der Waals surface area contributed by atoms with E-state index in [9.17, 15) is 9.90 Å². The Morgan fingerprint density at radius 3 is 3.00 bits per heavy atom. The molecule has 2 rings (SSSR count). The summed E-state index contributed by atoms with van der Waals surface area (Å²) in [6.07, 6.45) is 7.61. The molecule has 2 unspecified atom stereocenters. The average molecular weight is 238 g/mol. The molecule has 17 heavy (non-hydrogen) atoms. The maximum Gasteiger partial charge on any atom is 0.242 e. The first kappa shape index (κ1) is 12.0. The van der Waals surface area contributed by atoms with Crippen LogP contribution < -0.4 is 5.32 Å². The van der Waals surface area contributed by atoms with Crippen LogP contribution in [-0.2, 0) is 11.3 Å². The fraction of sp³-hybridized carbons (Fsp3) is 0.727. The molecule has 6 nitrogen and oxygen atoms in total. The summed E-state index contributed by atoms with van der Waals surface area (Å²) in [5, 5.41) is 20.1. The van der Waals surface area contributed by atoms with E-state index in [0.29, 0.717) is 0 Å². The quantitative estimate of drug-likeness (QED) is 0.731. The first-order chi connectivity index (χ1) is 8.25. The van der Waals surface area contributed by atoms with Gasteiger partial charge in [-0.25, -0.2) is 4.68 Å². The molecule has 0 aromatic carbocycles. The van der Waals surface area contributed by atoms with Gasteiger partial charge in [-0.1, -0.05) is 24.5 Å². The zero-order valence-electron chi connectivity index (χ0n) is 9.75. The van der Waals surface area contributed by atoms with Crippen molar-refractivity contribution in [1.29, 1.82) is 0 Å². The first-order valence-electron chi connectivity index (χ1n) is 6.07. The minimum absolute atomic E-state index is 0.117. The molecule has 0 radical (unpaired) electrons. The number of aliphatic hydroxyl groups is 1. The first-order valence-corrected chi connectivity index (χ1v) is 6.07. The van der Waals surface area contributed by atoms with Gasteiger partial charge in [0.25, 0.3) is 0 Å². The molecule has 1 heterocycles. The molecular weight excluding hydrogens is 220 g/mol. The minimum Gasteiger partial charge on any atom is -0.391 e. The molecule has 1 saturated carbocycles. The fourth-order valence-corrected chi connectivity index (χ4v) is 2.17. The van der Waals surface area contributed by atoms with Gasteiger partial charge < -0.3 is 10.4 Å². The highest BCUT2D eigenvalue weighted by atomic mass is 16.3. The summed E-state index contributed by atoms with van der Waals surface area (Å²) in [5.41, 5.74) is 0. The number of nitrogens with one attached hydrogen (secondary N) is 1. The van der Waals surface area contributed by atoms with Crippen molar-refractivity contribution in [3.63, 3.8) is 0 Å². The van der Waals surface area contributed by atoms with Crippen LogP contribution >= 0.6 is 0 Å². The standard InChI is InChI=1S/C11H18N4O2/c16-10-5-3-1-2-4-9(10)13-11(17)8-15-7-6-12-14-15/h6-7,9-10,16H,1-5,8H2,(H,13,17). The van der Waals surface area contributed by atoms with Crippen molar-refractivity contribution in [2.75, 3.05) is 0 Å². The summed E-state index contributed by atoms with van der Waals surface area (Å²) in [6.45, 7) is 0.156. The van der Waals surface area contributed by atoms with Crippen molar-refractivity contribution in [3.8, 4) is 0 Å². The smallest absolute Gasteiger partial charge is 0.242 e. The molecule has 1 aliphatic rings. The molecular formula is C11H18N4O2. The van der Waals surface area contributed by atoms with Crippen LogP contribution in [0.15, 0.2) is 12.4 Å². The van der Waals surface area contributed by atoms with Gasteiger partial charge in [-0.15, -0.1) is 5.10 Å². The second kappa shape index (κ2) is 5.77. The van der Waals surface area contributed by atoms with E-state index in [2.05, 4.69) is 15.6 Å². The lowest BCUT2D eigenvalue weighted by Gasteiger charge is -2.21. The van der Waals surface area contributed by atoms with Gasteiger partial charge in [0.15, 0.2) is 0 Å². The lowest BCUT2D eigenvalue weighted by atomic mass is 10.1. The Kier molecular flexibility index (Phi) is 4.08. The molecule has 1 aromatic heterocycles. The molecule has 94 valence electrons. The van der Waals surface area contributed by atoms with E-state index in [1.54, 1.807) is 6.20 Å². The molecule has 1 aromatic rings. The van der Waals surface area contributed by atoms with Gasteiger partial charge in [-0.05, 0) is 12.8 Å². The molecule has 2 N–H and O–H groups in total. The van der Waals surface area contributed by atoms with E-state index in [-0.39, 0.29) is 18.5 Å². The number of nitrogens with zero attached hydrogens (tertiary/aromatic N) is 3. The highest BCUT2D eigenvalue weighted by molar-refractivity contribution is 5.76. The Morgan fingerprint density at radius 1 is 1.41 bits per heavy atom. The molecule has 1 aliphatic carbocycles. The third-order valence-electron chi connectivity index (χ3n) is 3.10. The Labute approximate surface area is 100 Å². The summed E-state index contributed by atoms with van der Waals surface area (Å²) < 4.78 is 1.47. The van der Waals surface area contributed by atoms with Crippen molar-refractivity contribution >= 4 is 5.91 Å². The normalized spacial score (nSPS) is 25.2. The number of hydrogen-bond donors (Lipinski definition) is 2. The Hall–Kier alpha value is -1.43. The van der Waals surface area contributed by atoms with Gasteiger partial charge in [-0.2, -0.15) is 0 Å². The lowest BCUT2D eigenvalue weighted by Crippen LogP contribution is -2.44. The van der Waals surface area contributed by atoms with Gasteiger partial charge >= 0.3 is 0 Å². The molecule has 0 saturated heterocycles. The predicted octanol–water partition coefficient (Wildman–Crippen LogP) is 0.0879. The molecule has 0 aliphatic heterocycles. The van der Waals surface area contributed by atoms with Crippen LogP contribution in [0.4, 0.5) is 0 Å². The summed E-state index contributed by atoms with van der Waals surface area (Å²) in [4.78, 5) is 11.7. The summed E-state index contributed by atoms with van der Waals surface area (Å²) in [5.74, 6) is -0.124. The van der Waals surface area contributed by atoms with Crippen molar-refractivity contribution in [3.05, 3.63) is 12.4 Å². The third kappa shape index (κ3) is 3.52. The molecule has 1 fully saturated rings. The van der Waals surface area contributed by atoms with E-state index in [0.717, 1.165) is 32.1 Å². The summed E-state index contributed by atoms with van der Waals surface area (Å²) in [6, 6.07) is -0.117. The number of hydrogen-bond acceptors (Lipinski definition) is 4. The number of aliphatic hydroxyl groups excluding tert-OH is 1. The van der Waals surface area contributed by atoms with Crippen molar-refractivity contribution in [2.45, 2.75) is 50.8 Å². The lowest BCUT2D eigenvalue weighted by molar-refractivity contribution is -0.123. The molecule has 1 amide bonds. The minimum atomic E-state index is -0.419. The van der Waals surface area contributed by atoms with Crippen LogP contribution in [0.2, 0.25) is 0 Å². The summed E-state index contributed by atoms with van der Waals surface area (Å²) in [7, 11) is 0. The van der Waals surface area contributed by atoms with Crippen molar-refractivity contribution in [1.82, 2.24) is 20.3 Å². The summed E-state index contributed by atoms with van der Waals surface area (Å²) >= 11 is 0. The van der Waals surface area contributed by atoms with Gasteiger partial charge in [-0.3, -0.25) is 4.79 Å². The van der Waals surface area contributed by atoms with Crippen LogP contribution in [-0.4, -0.2) is 38.2 Å². The number of amides is 1. The topological polar surface area (TPSA) is 80.0 Å². The van der Waals surface area contributed by atoms with Crippen LogP contribution in [0.25, 0.3) is 0 Å². The fourth-order valence-electron chi connectivity index (χ4n) is 2.17. The van der Waals surface area contributed by atoms with Crippen molar-refractivity contribution in [2.24, 2.45) is 0 Å².